The molecular formula is C19H20N2O4. The molecule has 1 heterocycles. The van der Waals surface area contributed by atoms with E-state index < -0.39 is 6.09 Å². The first-order chi connectivity index (χ1) is 12.0. The van der Waals surface area contributed by atoms with Crippen molar-refractivity contribution in [2.24, 2.45) is 23.7 Å². The van der Waals surface area contributed by atoms with Crippen LogP contribution in [-0.2, 0) is 14.3 Å². The van der Waals surface area contributed by atoms with Gasteiger partial charge in [-0.25, -0.2) is 9.69 Å². The summed E-state index contributed by atoms with van der Waals surface area (Å²) in [5.41, 5.74) is 1.75. The summed E-state index contributed by atoms with van der Waals surface area (Å²) in [5.74, 6) is -0.353. The molecule has 6 heteroatoms. The highest BCUT2D eigenvalue weighted by Gasteiger charge is 2.59. The normalized spacial score (nSPS) is 29.3. The van der Waals surface area contributed by atoms with Gasteiger partial charge in [0.1, 0.15) is 0 Å². The summed E-state index contributed by atoms with van der Waals surface area (Å²) in [6, 6.07) is 5.20. The Labute approximate surface area is 145 Å². The summed E-state index contributed by atoms with van der Waals surface area (Å²) < 4.78 is 4.90. The van der Waals surface area contributed by atoms with Gasteiger partial charge in [-0.05, 0) is 49.8 Å². The lowest BCUT2D eigenvalue weighted by Gasteiger charge is -2.21. The Morgan fingerprint density at radius 1 is 1.20 bits per heavy atom. The molecule has 3 aliphatic rings. The van der Waals surface area contributed by atoms with E-state index in [0.717, 1.165) is 6.42 Å². The van der Waals surface area contributed by atoms with Crippen LogP contribution >= 0.6 is 0 Å². The molecule has 1 saturated heterocycles. The van der Waals surface area contributed by atoms with E-state index in [2.05, 4.69) is 17.5 Å². The maximum atomic E-state index is 12.9. The van der Waals surface area contributed by atoms with Gasteiger partial charge in [0.05, 0.1) is 24.1 Å². The van der Waals surface area contributed by atoms with Crippen LogP contribution < -0.4 is 10.2 Å². The van der Waals surface area contributed by atoms with Crippen molar-refractivity contribution in [3.05, 3.63) is 35.9 Å². The molecule has 1 aromatic carbocycles. The zero-order valence-corrected chi connectivity index (χ0v) is 14.2. The first-order valence-electron chi connectivity index (χ1n) is 8.62. The number of imide groups is 1. The fourth-order valence-corrected chi connectivity index (χ4v) is 4.42. The van der Waals surface area contributed by atoms with E-state index in [4.69, 9.17) is 4.74 Å². The highest BCUT2D eigenvalue weighted by atomic mass is 16.5. The summed E-state index contributed by atoms with van der Waals surface area (Å²) in [6.07, 6.45) is 4.50. The van der Waals surface area contributed by atoms with Crippen LogP contribution in [0.2, 0.25) is 0 Å². The Morgan fingerprint density at radius 2 is 1.84 bits per heavy atom. The molecule has 1 aliphatic heterocycles. The van der Waals surface area contributed by atoms with Crippen molar-refractivity contribution in [2.45, 2.75) is 20.3 Å². The molecule has 0 aromatic heterocycles. The van der Waals surface area contributed by atoms with Gasteiger partial charge in [0, 0.05) is 5.69 Å². The number of nitrogens with zero attached hydrogens (tertiary/aromatic N) is 1. The van der Waals surface area contributed by atoms with Crippen LogP contribution in [0.1, 0.15) is 18.9 Å². The number of benzene rings is 1. The SMILES string of the molecule is CCOC(=O)Nc1cccc(N2C(=O)[C@@H]3[C@H](C2=O)[C@H]2C=C[C@H]3C2)c1C. The maximum Gasteiger partial charge on any atom is 0.411 e. The average Bonchev–Trinajstić information content (AvgIpc) is 3.25. The van der Waals surface area contributed by atoms with Crippen LogP contribution in [-0.4, -0.2) is 24.5 Å². The van der Waals surface area contributed by atoms with Crippen molar-refractivity contribution in [3.8, 4) is 0 Å². The number of amides is 3. The third-order valence-corrected chi connectivity index (χ3v) is 5.53. The molecule has 3 amide bonds. The minimum atomic E-state index is -0.555. The highest BCUT2D eigenvalue weighted by Crippen LogP contribution is 2.53. The van der Waals surface area contributed by atoms with Crippen LogP contribution in [0.5, 0.6) is 0 Å². The van der Waals surface area contributed by atoms with Gasteiger partial charge in [-0.3, -0.25) is 14.9 Å². The first-order valence-corrected chi connectivity index (χ1v) is 8.62. The van der Waals surface area contributed by atoms with Gasteiger partial charge in [-0.15, -0.1) is 0 Å². The topological polar surface area (TPSA) is 75.7 Å². The lowest BCUT2D eigenvalue weighted by Crippen LogP contribution is -2.33. The molecule has 1 aromatic rings. The van der Waals surface area contributed by atoms with Gasteiger partial charge in [-0.2, -0.15) is 0 Å². The second-order valence-corrected chi connectivity index (χ2v) is 6.81. The summed E-state index contributed by atoms with van der Waals surface area (Å²) in [4.78, 5) is 38.9. The molecule has 0 radical (unpaired) electrons. The molecule has 0 unspecified atom stereocenters. The summed E-state index contributed by atoms with van der Waals surface area (Å²) in [6.45, 7) is 3.79. The molecule has 130 valence electrons. The third-order valence-electron chi connectivity index (χ3n) is 5.53. The number of hydrogen-bond donors (Lipinski definition) is 1. The van der Waals surface area contributed by atoms with Gasteiger partial charge in [0.2, 0.25) is 11.8 Å². The quantitative estimate of drug-likeness (QED) is 0.678. The van der Waals surface area contributed by atoms with E-state index in [1.54, 1.807) is 32.0 Å². The van der Waals surface area contributed by atoms with E-state index >= 15 is 0 Å². The molecular weight excluding hydrogens is 320 g/mol. The highest BCUT2D eigenvalue weighted by molar-refractivity contribution is 6.23. The Bertz CT molecular complexity index is 771. The van der Waals surface area contributed by atoms with Crippen molar-refractivity contribution in [2.75, 3.05) is 16.8 Å². The Hall–Kier alpha value is -2.63. The van der Waals surface area contributed by atoms with E-state index in [1.807, 2.05) is 0 Å². The van der Waals surface area contributed by atoms with E-state index in [-0.39, 0.29) is 42.1 Å². The van der Waals surface area contributed by atoms with Crippen molar-refractivity contribution >= 4 is 29.3 Å². The molecule has 4 atom stereocenters. The number of ether oxygens (including phenoxy) is 1. The number of rotatable bonds is 3. The van der Waals surface area contributed by atoms with Crippen molar-refractivity contribution in [3.63, 3.8) is 0 Å². The van der Waals surface area contributed by atoms with Gasteiger partial charge in [0.25, 0.3) is 0 Å². The van der Waals surface area contributed by atoms with Crippen LogP contribution in [0.25, 0.3) is 0 Å². The number of anilines is 2. The average molecular weight is 340 g/mol. The fraction of sp³-hybridized carbons (Fsp3) is 0.421. The standard InChI is InChI=1S/C19H20N2O4/c1-3-25-19(24)20-13-5-4-6-14(10(13)2)21-17(22)15-11-7-8-12(9-11)16(15)18(21)23/h4-8,11-12,15-16H,3,9H2,1-2H3,(H,20,24)/t11-,12-,15-,16+/m0/s1. The lowest BCUT2D eigenvalue weighted by atomic mass is 9.85. The monoisotopic (exact) mass is 340 g/mol. The van der Waals surface area contributed by atoms with Crippen molar-refractivity contribution in [1.29, 1.82) is 0 Å². The predicted molar refractivity (Wildman–Crippen MR) is 92.0 cm³/mol. The minimum absolute atomic E-state index is 0.122. The largest absolute Gasteiger partial charge is 0.450 e. The second-order valence-electron chi connectivity index (χ2n) is 6.81. The molecule has 2 aliphatic carbocycles. The summed E-state index contributed by atoms with van der Waals surface area (Å²) >= 11 is 0. The van der Waals surface area contributed by atoms with Crippen LogP contribution in [0, 0.1) is 30.6 Å². The molecule has 25 heavy (non-hydrogen) atoms. The molecule has 0 spiro atoms. The van der Waals surface area contributed by atoms with E-state index in [9.17, 15) is 14.4 Å². The Kier molecular flexibility index (Phi) is 3.63. The van der Waals surface area contributed by atoms with E-state index in [0.29, 0.717) is 16.9 Å². The van der Waals surface area contributed by atoms with Crippen molar-refractivity contribution in [1.82, 2.24) is 0 Å². The second kappa shape index (κ2) is 5.72. The number of carbonyl (C=O) groups excluding carboxylic acids is 3. The predicted octanol–water partition coefficient (Wildman–Crippen LogP) is 2.87. The maximum absolute atomic E-state index is 12.9. The smallest absolute Gasteiger partial charge is 0.411 e. The number of nitrogens with one attached hydrogen (secondary N) is 1. The van der Waals surface area contributed by atoms with Gasteiger partial charge < -0.3 is 4.74 Å². The molecule has 6 nitrogen and oxygen atoms in total. The minimum Gasteiger partial charge on any atom is -0.450 e. The molecule has 4 rings (SSSR count). The fourth-order valence-electron chi connectivity index (χ4n) is 4.42. The van der Waals surface area contributed by atoms with Crippen LogP contribution in [0.4, 0.5) is 16.2 Å². The summed E-state index contributed by atoms with van der Waals surface area (Å²) in [7, 11) is 0. The van der Waals surface area contributed by atoms with E-state index in [1.165, 1.54) is 4.90 Å². The van der Waals surface area contributed by atoms with Gasteiger partial charge in [0.15, 0.2) is 0 Å². The van der Waals surface area contributed by atoms with Gasteiger partial charge >= 0.3 is 6.09 Å². The zero-order chi connectivity index (χ0) is 17.7. The third kappa shape index (κ3) is 2.27. The Balaban J connectivity index is 1.66. The molecule has 2 bridgehead atoms. The molecule has 1 N–H and O–H groups in total. The van der Waals surface area contributed by atoms with Gasteiger partial charge in [-0.1, -0.05) is 18.2 Å². The number of allylic oxidation sites excluding steroid dienone is 2. The summed E-state index contributed by atoms with van der Waals surface area (Å²) in [5, 5.41) is 2.66. The number of hydrogen-bond acceptors (Lipinski definition) is 4. The molecule has 2 fully saturated rings. The number of fused-ring (bicyclic) bond motifs is 5. The Morgan fingerprint density at radius 3 is 2.44 bits per heavy atom. The zero-order valence-electron chi connectivity index (χ0n) is 14.2. The lowest BCUT2D eigenvalue weighted by molar-refractivity contribution is -0.123. The van der Waals surface area contributed by atoms with Crippen molar-refractivity contribution < 1.29 is 19.1 Å². The van der Waals surface area contributed by atoms with Crippen LogP contribution in [0.15, 0.2) is 30.4 Å². The molecule has 1 saturated carbocycles. The van der Waals surface area contributed by atoms with Crippen LogP contribution in [0.3, 0.4) is 0 Å². The number of carbonyl (C=O) groups is 3. The first kappa shape index (κ1) is 15.9.